The number of carbonyl (C=O) groups excluding carboxylic acids is 1. The lowest BCUT2D eigenvalue weighted by molar-refractivity contribution is 0.187. The maximum absolute atomic E-state index is 10.9. The molecule has 0 radical (unpaired) electrons. The summed E-state index contributed by atoms with van der Waals surface area (Å²) in [5.41, 5.74) is 2.06. The summed E-state index contributed by atoms with van der Waals surface area (Å²) in [5, 5.41) is 2.61. The Morgan fingerprint density at radius 3 is 2.60 bits per heavy atom. The third-order valence-electron chi connectivity index (χ3n) is 2.20. The van der Waals surface area contributed by atoms with E-state index in [-0.39, 0.29) is 1.43 Å². The SMILES string of the molecule is CCCCc1ccc(NC(=O)OC)cc1.[HH]. The first kappa shape index (κ1) is 11.6. The van der Waals surface area contributed by atoms with Gasteiger partial charge in [0, 0.05) is 7.11 Å². The second-order valence-corrected chi connectivity index (χ2v) is 3.42. The number of benzene rings is 1. The molecular formula is C12H19NO2. The zero-order valence-corrected chi connectivity index (χ0v) is 9.25. The lowest BCUT2D eigenvalue weighted by Crippen LogP contribution is -2.10. The van der Waals surface area contributed by atoms with Crippen molar-refractivity contribution in [2.45, 2.75) is 26.2 Å². The minimum absolute atomic E-state index is 0. The number of anilines is 1. The van der Waals surface area contributed by atoms with Crippen LogP contribution in [0.5, 0.6) is 0 Å². The second-order valence-electron chi connectivity index (χ2n) is 3.42. The summed E-state index contributed by atoms with van der Waals surface area (Å²) in [6, 6.07) is 7.84. The molecule has 15 heavy (non-hydrogen) atoms. The van der Waals surface area contributed by atoms with Gasteiger partial charge in [-0.15, -0.1) is 0 Å². The van der Waals surface area contributed by atoms with Crippen LogP contribution in [0.1, 0.15) is 26.8 Å². The average molecular weight is 209 g/mol. The smallest absolute Gasteiger partial charge is 0.411 e. The molecule has 3 heteroatoms. The molecule has 1 aromatic rings. The van der Waals surface area contributed by atoms with E-state index < -0.39 is 6.09 Å². The fourth-order valence-electron chi connectivity index (χ4n) is 1.30. The van der Waals surface area contributed by atoms with Crippen LogP contribution in [0.3, 0.4) is 0 Å². The first-order valence-electron chi connectivity index (χ1n) is 5.20. The van der Waals surface area contributed by atoms with E-state index in [9.17, 15) is 4.79 Å². The molecule has 1 rings (SSSR count). The van der Waals surface area contributed by atoms with Crippen LogP contribution < -0.4 is 5.32 Å². The zero-order valence-electron chi connectivity index (χ0n) is 9.25. The van der Waals surface area contributed by atoms with Crippen LogP contribution in [0.2, 0.25) is 0 Å². The van der Waals surface area contributed by atoms with Crippen molar-refractivity contribution >= 4 is 11.8 Å². The minimum atomic E-state index is -0.434. The van der Waals surface area contributed by atoms with E-state index in [4.69, 9.17) is 0 Å². The highest BCUT2D eigenvalue weighted by molar-refractivity contribution is 5.84. The average Bonchev–Trinajstić information content (AvgIpc) is 2.28. The normalized spacial score (nSPS) is 9.73. The largest absolute Gasteiger partial charge is 0.453 e. The molecule has 0 aliphatic heterocycles. The molecule has 1 amide bonds. The number of amides is 1. The van der Waals surface area contributed by atoms with Crippen molar-refractivity contribution in [1.82, 2.24) is 0 Å². The van der Waals surface area contributed by atoms with Gasteiger partial charge in [-0.05, 0) is 30.5 Å². The van der Waals surface area contributed by atoms with E-state index in [2.05, 4.69) is 17.0 Å². The Hall–Kier alpha value is -1.51. The lowest BCUT2D eigenvalue weighted by Gasteiger charge is -2.04. The van der Waals surface area contributed by atoms with E-state index in [1.165, 1.54) is 25.5 Å². The van der Waals surface area contributed by atoms with Gasteiger partial charge < -0.3 is 4.74 Å². The number of nitrogens with one attached hydrogen (secondary N) is 1. The van der Waals surface area contributed by atoms with Crippen LogP contribution in [0.15, 0.2) is 24.3 Å². The molecule has 0 aliphatic rings. The number of hydrogen-bond acceptors (Lipinski definition) is 2. The molecule has 0 saturated carbocycles. The number of hydrogen-bond donors (Lipinski definition) is 1. The molecular weight excluding hydrogens is 190 g/mol. The van der Waals surface area contributed by atoms with Crippen molar-refractivity contribution in [2.24, 2.45) is 0 Å². The van der Waals surface area contributed by atoms with Gasteiger partial charge in [-0.3, -0.25) is 5.32 Å². The highest BCUT2D eigenvalue weighted by Crippen LogP contribution is 2.11. The predicted octanol–water partition coefficient (Wildman–Crippen LogP) is 3.45. The van der Waals surface area contributed by atoms with Gasteiger partial charge >= 0.3 is 6.09 Å². The van der Waals surface area contributed by atoms with Gasteiger partial charge in [-0.25, -0.2) is 4.79 Å². The van der Waals surface area contributed by atoms with Crippen molar-refractivity contribution in [3.8, 4) is 0 Å². The van der Waals surface area contributed by atoms with Gasteiger partial charge in [-0.1, -0.05) is 25.5 Å². The zero-order chi connectivity index (χ0) is 11.1. The van der Waals surface area contributed by atoms with Crippen LogP contribution in [-0.2, 0) is 11.2 Å². The Balaban J connectivity index is 0.00000225. The Morgan fingerprint density at radius 1 is 1.40 bits per heavy atom. The molecule has 0 aromatic heterocycles. The van der Waals surface area contributed by atoms with Gasteiger partial charge in [0.15, 0.2) is 0 Å². The molecule has 1 N–H and O–H groups in total. The summed E-state index contributed by atoms with van der Waals surface area (Å²) in [6.45, 7) is 2.17. The number of carbonyl (C=O) groups is 1. The molecule has 0 atom stereocenters. The monoisotopic (exact) mass is 209 g/mol. The van der Waals surface area contributed by atoms with Gasteiger partial charge in [0.2, 0.25) is 0 Å². The van der Waals surface area contributed by atoms with Gasteiger partial charge in [0.1, 0.15) is 0 Å². The molecule has 0 bridgehead atoms. The standard InChI is InChI=1S/C12H17NO2.H2/c1-3-4-5-10-6-8-11(9-7-10)13-12(14)15-2;/h6-9H,3-5H2,1-2H3,(H,13,14);1H. The summed E-state index contributed by atoms with van der Waals surface area (Å²) >= 11 is 0. The van der Waals surface area contributed by atoms with Crippen LogP contribution >= 0.6 is 0 Å². The van der Waals surface area contributed by atoms with Gasteiger partial charge in [-0.2, -0.15) is 0 Å². The minimum Gasteiger partial charge on any atom is -0.453 e. The molecule has 0 aliphatic carbocycles. The Kier molecular flexibility index (Phi) is 4.68. The summed E-state index contributed by atoms with van der Waals surface area (Å²) in [4.78, 5) is 10.9. The number of ether oxygens (including phenoxy) is 1. The van der Waals surface area contributed by atoms with E-state index >= 15 is 0 Å². The Morgan fingerprint density at radius 2 is 2.07 bits per heavy atom. The van der Waals surface area contributed by atoms with Crippen molar-refractivity contribution in [3.05, 3.63) is 29.8 Å². The maximum Gasteiger partial charge on any atom is 0.411 e. The number of aryl methyl sites for hydroxylation is 1. The molecule has 0 fully saturated rings. The summed E-state index contributed by atoms with van der Waals surface area (Å²) < 4.78 is 4.50. The predicted molar refractivity (Wildman–Crippen MR) is 63.2 cm³/mol. The molecule has 0 spiro atoms. The van der Waals surface area contributed by atoms with Crippen molar-refractivity contribution < 1.29 is 11.0 Å². The molecule has 1 aromatic carbocycles. The number of rotatable bonds is 4. The highest BCUT2D eigenvalue weighted by Gasteiger charge is 1.99. The third-order valence-corrected chi connectivity index (χ3v) is 2.20. The molecule has 0 saturated heterocycles. The van der Waals surface area contributed by atoms with Crippen LogP contribution in [0, 0.1) is 0 Å². The molecule has 0 unspecified atom stereocenters. The lowest BCUT2D eigenvalue weighted by atomic mass is 10.1. The maximum atomic E-state index is 10.9. The molecule has 3 nitrogen and oxygen atoms in total. The first-order valence-corrected chi connectivity index (χ1v) is 5.20. The Labute approximate surface area is 91.9 Å². The van der Waals surface area contributed by atoms with Crippen molar-refractivity contribution in [3.63, 3.8) is 0 Å². The first-order chi connectivity index (χ1) is 7.26. The topological polar surface area (TPSA) is 38.3 Å². The summed E-state index contributed by atoms with van der Waals surface area (Å²) in [5.74, 6) is 0. The summed E-state index contributed by atoms with van der Waals surface area (Å²) in [6.07, 6.45) is 3.05. The quantitative estimate of drug-likeness (QED) is 0.824. The van der Waals surface area contributed by atoms with Crippen molar-refractivity contribution in [1.29, 1.82) is 0 Å². The fourth-order valence-corrected chi connectivity index (χ4v) is 1.30. The summed E-state index contributed by atoms with van der Waals surface area (Å²) in [7, 11) is 1.35. The third kappa shape index (κ3) is 4.02. The van der Waals surface area contributed by atoms with Crippen molar-refractivity contribution in [2.75, 3.05) is 12.4 Å². The second kappa shape index (κ2) is 6.06. The highest BCUT2D eigenvalue weighted by atomic mass is 16.5. The van der Waals surface area contributed by atoms with Crippen LogP contribution in [0.25, 0.3) is 0 Å². The van der Waals surface area contributed by atoms with Crippen LogP contribution in [0.4, 0.5) is 10.5 Å². The number of unbranched alkanes of at least 4 members (excludes halogenated alkanes) is 1. The van der Waals surface area contributed by atoms with Gasteiger partial charge in [0.25, 0.3) is 0 Å². The number of methoxy groups -OCH3 is 1. The fraction of sp³-hybridized carbons (Fsp3) is 0.417. The van der Waals surface area contributed by atoms with E-state index in [0.29, 0.717) is 0 Å². The Bertz CT molecular complexity index is 311. The van der Waals surface area contributed by atoms with Crippen LogP contribution in [-0.4, -0.2) is 13.2 Å². The van der Waals surface area contributed by atoms with E-state index in [1.807, 2.05) is 24.3 Å². The van der Waals surface area contributed by atoms with Gasteiger partial charge in [0.05, 0.1) is 7.11 Å². The van der Waals surface area contributed by atoms with E-state index in [0.717, 1.165) is 12.1 Å². The van der Waals surface area contributed by atoms with E-state index in [1.54, 1.807) is 0 Å². The molecule has 0 heterocycles. The molecule has 84 valence electrons.